The standard InChI is InChI=1S/C15H21NO4/c1-14(2,3)20-13(19)16-15(4,12(17)18)10-11-8-6-5-7-9-11/h5-9H,10H2,1-4H3,(H,16,19)(H,17,18). The number of carbonyl (C=O) groups is 2. The summed E-state index contributed by atoms with van der Waals surface area (Å²) in [7, 11) is 0. The number of carbonyl (C=O) groups excluding carboxylic acids is 1. The van der Waals surface area contributed by atoms with E-state index < -0.39 is 23.2 Å². The quantitative estimate of drug-likeness (QED) is 0.888. The van der Waals surface area contributed by atoms with Gasteiger partial charge in [-0.15, -0.1) is 0 Å². The molecular formula is C15H21NO4. The number of hydrogen-bond acceptors (Lipinski definition) is 3. The lowest BCUT2D eigenvalue weighted by Crippen LogP contribution is -2.54. The fourth-order valence-electron chi connectivity index (χ4n) is 1.71. The molecule has 0 fully saturated rings. The number of amides is 1. The summed E-state index contributed by atoms with van der Waals surface area (Å²) in [6.07, 6.45) is -0.555. The number of carboxylic acids is 1. The highest BCUT2D eigenvalue weighted by atomic mass is 16.6. The van der Waals surface area contributed by atoms with Crippen molar-refractivity contribution in [1.82, 2.24) is 5.32 Å². The first-order chi connectivity index (χ1) is 9.12. The first kappa shape index (κ1) is 16.0. The van der Waals surface area contributed by atoms with E-state index >= 15 is 0 Å². The molecule has 1 rings (SSSR count). The van der Waals surface area contributed by atoms with Gasteiger partial charge in [-0.3, -0.25) is 0 Å². The lowest BCUT2D eigenvalue weighted by atomic mass is 9.93. The zero-order valence-corrected chi connectivity index (χ0v) is 12.3. The van der Waals surface area contributed by atoms with Crippen LogP contribution in [0.25, 0.3) is 0 Å². The van der Waals surface area contributed by atoms with Crippen LogP contribution >= 0.6 is 0 Å². The van der Waals surface area contributed by atoms with Gasteiger partial charge in [0.15, 0.2) is 0 Å². The van der Waals surface area contributed by atoms with Gasteiger partial charge in [0.1, 0.15) is 11.1 Å². The Morgan fingerprint density at radius 2 is 1.70 bits per heavy atom. The molecule has 0 saturated heterocycles. The van der Waals surface area contributed by atoms with Gasteiger partial charge in [0.2, 0.25) is 0 Å². The van der Waals surface area contributed by atoms with Crippen molar-refractivity contribution in [2.24, 2.45) is 0 Å². The topological polar surface area (TPSA) is 75.6 Å². The summed E-state index contributed by atoms with van der Waals surface area (Å²) in [6, 6.07) is 9.13. The van der Waals surface area contributed by atoms with E-state index in [1.54, 1.807) is 20.8 Å². The molecule has 0 aromatic heterocycles. The molecule has 5 heteroatoms. The maximum atomic E-state index is 11.8. The normalized spacial score (nSPS) is 14.2. The van der Waals surface area contributed by atoms with Gasteiger partial charge in [0, 0.05) is 6.42 Å². The van der Waals surface area contributed by atoms with Crippen molar-refractivity contribution in [3.8, 4) is 0 Å². The highest BCUT2D eigenvalue weighted by Crippen LogP contribution is 2.15. The molecule has 20 heavy (non-hydrogen) atoms. The molecular weight excluding hydrogens is 258 g/mol. The fourth-order valence-corrected chi connectivity index (χ4v) is 1.71. The maximum Gasteiger partial charge on any atom is 0.408 e. The van der Waals surface area contributed by atoms with Gasteiger partial charge in [-0.1, -0.05) is 30.3 Å². The maximum absolute atomic E-state index is 11.8. The first-order valence-corrected chi connectivity index (χ1v) is 6.41. The molecule has 0 aliphatic rings. The Bertz CT molecular complexity index is 478. The van der Waals surface area contributed by atoms with Crippen LogP contribution in [0, 0.1) is 0 Å². The fraction of sp³-hybridized carbons (Fsp3) is 0.467. The van der Waals surface area contributed by atoms with Crippen LogP contribution < -0.4 is 5.32 Å². The van der Waals surface area contributed by atoms with Crippen molar-refractivity contribution in [3.05, 3.63) is 35.9 Å². The van der Waals surface area contributed by atoms with Gasteiger partial charge in [-0.05, 0) is 33.3 Å². The van der Waals surface area contributed by atoms with Crippen molar-refractivity contribution < 1.29 is 19.4 Å². The van der Waals surface area contributed by atoms with Gasteiger partial charge in [-0.2, -0.15) is 0 Å². The molecule has 0 saturated carbocycles. The predicted molar refractivity (Wildman–Crippen MR) is 75.6 cm³/mol. The molecule has 1 atom stereocenters. The average molecular weight is 279 g/mol. The Morgan fingerprint density at radius 3 is 2.15 bits per heavy atom. The lowest BCUT2D eigenvalue weighted by molar-refractivity contribution is -0.144. The van der Waals surface area contributed by atoms with Crippen LogP contribution in [0.4, 0.5) is 4.79 Å². The molecule has 5 nitrogen and oxygen atoms in total. The van der Waals surface area contributed by atoms with Gasteiger partial charge in [0.25, 0.3) is 0 Å². The van der Waals surface area contributed by atoms with E-state index in [4.69, 9.17) is 4.74 Å². The molecule has 110 valence electrons. The Labute approximate surface area is 118 Å². The lowest BCUT2D eigenvalue weighted by Gasteiger charge is -2.28. The summed E-state index contributed by atoms with van der Waals surface area (Å²) in [4.78, 5) is 23.2. The molecule has 1 amide bonds. The Morgan fingerprint density at radius 1 is 1.15 bits per heavy atom. The van der Waals surface area contributed by atoms with Crippen LogP contribution in [-0.2, 0) is 16.0 Å². The number of ether oxygens (including phenoxy) is 1. The van der Waals surface area contributed by atoms with E-state index in [9.17, 15) is 14.7 Å². The van der Waals surface area contributed by atoms with Crippen LogP contribution in [0.3, 0.4) is 0 Å². The molecule has 2 N–H and O–H groups in total. The minimum absolute atomic E-state index is 0.183. The average Bonchev–Trinajstić information content (AvgIpc) is 2.26. The van der Waals surface area contributed by atoms with E-state index in [0.717, 1.165) is 5.56 Å². The molecule has 1 aromatic carbocycles. The summed E-state index contributed by atoms with van der Waals surface area (Å²) in [6.45, 7) is 6.64. The number of rotatable bonds is 4. The summed E-state index contributed by atoms with van der Waals surface area (Å²) < 4.78 is 5.11. The molecule has 0 aliphatic heterocycles. The van der Waals surface area contributed by atoms with E-state index in [1.807, 2.05) is 30.3 Å². The van der Waals surface area contributed by atoms with Gasteiger partial charge < -0.3 is 15.2 Å². The van der Waals surface area contributed by atoms with Crippen LogP contribution in [0.1, 0.15) is 33.3 Å². The van der Waals surface area contributed by atoms with E-state index in [2.05, 4.69) is 5.32 Å². The second-order valence-corrected chi connectivity index (χ2v) is 5.93. The van der Waals surface area contributed by atoms with Crippen molar-refractivity contribution in [2.45, 2.75) is 45.3 Å². The number of hydrogen-bond donors (Lipinski definition) is 2. The third-order valence-corrected chi connectivity index (χ3v) is 2.65. The summed E-state index contributed by atoms with van der Waals surface area (Å²) in [5, 5.41) is 11.8. The van der Waals surface area contributed by atoms with Gasteiger partial charge in [0.05, 0.1) is 0 Å². The zero-order chi connectivity index (χ0) is 15.4. The van der Waals surface area contributed by atoms with Gasteiger partial charge in [-0.25, -0.2) is 9.59 Å². The Hall–Kier alpha value is -2.04. The minimum Gasteiger partial charge on any atom is -0.480 e. The molecule has 1 unspecified atom stereocenters. The number of carboxylic acid groups (broad SMARTS) is 1. The smallest absolute Gasteiger partial charge is 0.408 e. The number of benzene rings is 1. The monoisotopic (exact) mass is 279 g/mol. The van der Waals surface area contributed by atoms with E-state index in [0.29, 0.717) is 0 Å². The second-order valence-electron chi connectivity index (χ2n) is 5.93. The SMILES string of the molecule is CC(C)(C)OC(=O)NC(C)(Cc1ccccc1)C(=O)O. The number of nitrogens with one attached hydrogen (secondary N) is 1. The van der Waals surface area contributed by atoms with Crippen molar-refractivity contribution in [1.29, 1.82) is 0 Å². The number of alkyl carbamates (subject to hydrolysis) is 1. The molecule has 0 bridgehead atoms. The molecule has 0 heterocycles. The first-order valence-electron chi connectivity index (χ1n) is 6.41. The highest BCUT2D eigenvalue weighted by molar-refractivity contribution is 5.84. The molecule has 0 radical (unpaired) electrons. The van der Waals surface area contributed by atoms with Crippen LogP contribution in [0.2, 0.25) is 0 Å². The molecule has 0 spiro atoms. The largest absolute Gasteiger partial charge is 0.480 e. The van der Waals surface area contributed by atoms with E-state index in [1.165, 1.54) is 6.92 Å². The summed E-state index contributed by atoms with van der Waals surface area (Å²) in [5.41, 5.74) is -1.26. The minimum atomic E-state index is -1.41. The highest BCUT2D eigenvalue weighted by Gasteiger charge is 2.36. The van der Waals surface area contributed by atoms with Gasteiger partial charge >= 0.3 is 12.1 Å². The third kappa shape index (κ3) is 4.91. The summed E-state index contributed by atoms with van der Waals surface area (Å²) in [5.74, 6) is -1.10. The van der Waals surface area contributed by atoms with Crippen LogP contribution in [-0.4, -0.2) is 28.3 Å². The van der Waals surface area contributed by atoms with Crippen molar-refractivity contribution >= 4 is 12.1 Å². The van der Waals surface area contributed by atoms with Crippen molar-refractivity contribution in [3.63, 3.8) is 0 Å². The predicted octanol–water partition coefficient (Wildman–Crippen LogP) is 2.60. The third-order valence-electron chi connectivity index (χ3n) is 2.65. The Kier molecular flexibility index (Phi) is 4.76. The number of aliphatic carboxylic acids is 1. The van der Waals surface area contributed by atoms with Crippen molar-refractivity contribution in [2.75, 3.05) is 0 Å². The van der Waals surface area contributed by atoms with Crippen LogP contribution in [0.5, 0.6) is 0 Å². The molecule has 0 aliphatic carbocycles. The van der Waals surface area contributed by atoms with E-state index in [-0.39, 0.29) is 6.42 Å². The Balaban J connectivity index is 2.82. The van der Waals surface area contributed by atoms with Crippen LogP contribution in [0.15, 0.2) is 30.3 Å². The molecule has 1 aromatic rings. The zero-order valence-electron chi connectivity index (χ0n) is 12.3. The second kappa shape index (κ2) is 5.94. The summed E-state index contributed by atoms with van der Waals surface area (Å²) >= 11 is 0.